The van der Waals surface area contributed by atoms with Crippen molar-refractivity contribution in [2.75, 3.05) is 20.4 Å². The van der Waals surface area contributed by atoms with E-state index in [0.717, 1.165) is 5.56 Å². The number of methoxy groups -OCH3 is 1. The highest BCUT2D eigenvalue weighted by Gasteiger charge is 2.23. The summed E-state index contributed by atoms with van der Waals surface area (Å²) in [5.74, 6) is 0.651. The van der Waals surface area contributed by atoms with Crippen molar-refractivity contribution in [2.24, 2.45) is 0 Å². The van der Waals surface area contributed by atoms with Gasteiger partial charge in [0.05, 0.1) is 6.54 Å². The van der Waals surface area contributed by atoms with Crippen LogP contribution in [0.5, 0.6) is 5.75 Å². The van der Waals surface area contributed by atoms with Crippen molar-refractivity contribution >= 4 is 21.6 Å². The minimum Gasteiger partial charge on any atom is -0.468 e. The fourth-order valence-corrected chi connectivity index (χ4v) is 2.41. The third-order valence-corrected chi connectivity index (χ3v) is 3.82. The topological polar surface area (TPSA) is 21.7 Å². The summed E-state index contributed by atoms with van der Waals surface area (Å²) in [7, 11) is 1.54. The zero-order chi connectivity index (χ0) is 16.1. The monoisotopic (exact) mass is 371 g/mol. The predicted octanol–water partition coefficient (Wildman–Crippen LogP) is 4.38. The Bertz CT molecular complexity index is 597. The minimum atomic E-state index is -2.46. The highest BCUT2D eigenvalue weighted by molar-refractivity contribution is 9.12. The van der Waals surface area contributed by atoms with Crippen LogP contribution in [-0.2, 0) is 4.74 Å². The number of halogens is 3. The summed E-state index contributed by atoms with van der Waals surface area (Å²) >= 11 is 3.32. The van der Waals surface area contributed by atoms with Gasteiger partial charge in [-0.25, -0.2) is 8.78 Å². The van der Waals surface area contributed by atoms with Crippen LogP contribution in [0.25, 0.3) is 5.70 Å². The van der Waals surface area contributed by atoms with E-state index in [4.69, 9.17) is 9.47 Å². The molecule has 1 aromatic rings. The Labute approximate surface area is 136 Å². The molecule has 0 aromatic heterocycles. The van der Waals surface area contributed by atoms with Gasteiger partial charge in [-0.05, 0) is 57.9 Å². The fraction of sp³-hybridized carbons (Fsp3) is 0.250. The van der Waals surface area contributed by atoms with Crippen LogP contribution in [0.1, 0.15) is 5.56 Å². The van der Waals surface area contributed by atoms with Crippen molar-refractivity contribution in [3.05, 3.63) is 58.7 Å². The van der Waals surface area contributed by atoms with E-state index in [2.05, 4.69) is 22.5 Å². The van der Waals surface area contributed by atoms with Gasteiger partial charge in [0.2, 0.25) is 0 Å². The normalized spacial score (nSPS) is 15.0. The average molecular weight is 372 g/mol. The Morgan fingerprint density at radius 3 is 2.50 bits per heavy atom. The quantitative estimate of drug-likeness (QED) is 0.692. The van der Waals surface area contributed by atoms with Crippen LogP contribution in [0.3, 0.4) is 0 Å². The third kappa shape index (κ3) is 3.96. The Balaban J connectivity index is 2.25. The molecular weight excluding hydrogens is 356 g/mol. The van der Waals surface area contributed by atoms with Gasteiger partial charge >= 0.3 is 0 Å². The maximum absolute atomic E-state index is 12.8. The molecule has 0 amide bonds. The molecule has 0 saturated carbocycles. The number of allylic oxidation sites excluding steroid dienone is 3. The molecular formula is C16H16BrF2NO2. The molecule has 22 heavy (non-hydrogen) atoms. The molecule has 0 N–H and O–H groups in total. The molecule has 1 aliphatic rings. The maximum atomic E-state index is 12.8. The summed E-state index contributed by atoms with van der Waals surface area (Å²) in [4.78, 5) is 1.50. The Hall–Kier alpha value is -1.66. The molecule has 3 nitrogen and oxygen atoms in total. The molecule has 1 aromatic carbocycles. The molecule has 1 aliphatic heterocycles. The van der Waals surface area contributed by atoms with Gasteiger partial charge in [0, 0.05) is 23.0 Å². The number of alkyl halides is 2. The molecule has 0 fully saturated rings. The van der Waals surface area contributed by atoms with Crippen LogP contribution >= 0.6 is 15.9 Å². The summed E-state index contributed by atoms with van der Waals surface area (Å²) < 4.78 is 36.5. The van der Waals surface area contributed by atoms with E-state index in [1.807, 2.05) is 12.1 Å². The van der Waals surface area contributed by atoms with Crippen molar-refractivity contribution < 1.29 is 18.3 Å². The van der Waals surface area contributed by atoms with Gasteiger partial charge in [0.1, 0.15) is 5.75 Å². The second-order valence-electron chi connectivity index (χ2n) is 4.59. The van der Waals surface area contributed by atoms with Gasteiger partial charge < -0.3 is 14.4 Å². The zero-order valence-electron chi connectivity index (χ0n) is 12.1. The lowest BCUT2D eigenvalue weighted by atomic mass is 10.1. The minimum absolute atomic E-state index is 0.159. The molecule has 0 unspecified atom stereocenters. The Morgan fingerprint density at radius 2 is 1.91 bits per heavy atom. The standard InChI is InChI=1S/C16H16BrF2NO2/c1-11-14(17)7-8-15(20(11)9-16(18)19)12-3-5-13(6-4-12)22-10-21-2/h3-8,16H,1,9-10H2,2H3. The fourth-order valence-electron chi connectivity index (χ4n) is 2.06. The van der Waals surface area contributed by atoms with E-state index in [1.165, 1.54) is 4.90 Å². The summed E-state index contributed by atoms with van der Waals surface area (Å²) in [5, 5.41) is 0. The second kappa shape index (κ2) is 7.56. The van der Waals surface area contributed by atoms with Gasteiger partial charge in [0.15, 0.2) is 6.79 Å². The predicted molar refractivity (Wildman–Crippen MR) is 85.8 cm³/mol. The average Bonchev–Trinajstić information content (AvgIpc) is 2.50. The van der Waals surface area contributed by atoms with Gasteiger partial charge in [-0.15, -0.1) is 0 Å². The molecule has 6 heteroatoms. The Kier molecular flexibility index (Phi) is 5.74. The molecule has 1 heterocycles. The van der Waals surface area contributed by atoms with Crippen LogP contribution in [0.15, 0.2) is 53.2 Å². The van der Waals surface area contributed by atoms with Crippen molar-refractivity contribution in [3.8, 4) is 5.75 Å². The molecule has 118 valence electrons. The van der Waals surface area contributed by atoms with E-state index in [9.17, 15) is 8.78 Å². The van der Waals surface area contributed by atoms with Gasteiger partial charge in [-0.2, -0.15) is 0 Å². The largest absolute Gasteiger partial charge is 0.468 e. The first-order valence-electron chi connectivity index (χ1n) is 6.57. The summed E-state index contributed by atoms with van der Waals surface area (Å²) in [6.07, 6.45) is 1.13. The second-order valence-corrected chi connectivity index (χ2v) is 5.44. The zero-order valence-corrected chi connectivity index (χ0v) is 13.6. The molecule has 0 bridgehead atoms. The van der Waals surface area contributed by atoms with Crippen molar-refractivity contribution in [2.45, 2.75) is 6.43 Å². The number of nitrogens with zero attached hydrogens (tertiary/aromatic N) is 1. The van der Waals surface area contributed by atoms with Crippen molar-refractivity contribution in [1.82, 2.24) is 4.90 Å². The van der Waals surface area contributed by atoms with E-state index < -0.39 is 13.0 Å². The first kappa shape index (κ1) is 16.7. The Morgan fingerprint density at radius 1 is 1.23 bits per heavy atom. The van der Waals surface area contributed by atoms with Gasteiger partial charge in [-0.1, -0.05) is 6.58 Å². The number of ether oxygens (including phenoxy) is 2. The third-order valence-electron chi connectivity index (χ3n) is 3.09. The summed E-state index contributed by atoms with van der Waals surface area (Å²) in [6.45, 7) is 3.61. The molecule has 0 saturated heterocycles. The van der Waals surface area contributed by atoms with Crippen molar-refractivity contribution in [3.63, 3.8) is 0 Å². The number of hydrogen-bond donors (Lipinski definition) is 0. The summed E-state index contributed by atoms with van der Waals surface area (Å²) in [6, 6.07) is 7.17. The molecule has 0 spiro atoms. The van der Waals surface area contributed by atoms with Gasteiger partial charge in [-0.3, -0.25) is 0 Å². The van der Waals surface area contributed by atoms with E-state index in [0.29, 0.717) is 21.6 Å². The number of hydrogen-bond acceptors (Lipinski definition) is 3. The molecule has 0 radical (unpaired) electrons. The van der Waals surface area contributed by atoms with E-state index in [1.54, 1.807) is 31.4 Å². The lowest BCUT2D eigenvalue weighted by molar-refractivity contribution is 0.0511. The highest BCUT2D eigenvalue weighted by atomic mass is 79.9. The lowest BCUT2D eigenvalue weighted by Crippen LogP contribution is -2.28. The molecule has 2 rings (SSSR count). The maximum Gasteiger partial charge on any atom is 0.256 e. The number of rotatable bonds is 6. The molecule has 0 atom stereocenters. The lowest BCUT2D eigenvalue weighted by Gasteiger charge is -2.31. The van der Waals surface area contributed by atoms with Crippen LogP contribution in [0.4, 0.5) is 8.78 Å². The smallest absolute Gasteiger partial charge is 0.256 e. The van der Waals surface area contributed by atoms with Crippen LogP contribution in [0.2, 0.25) is 0 Å². The first-order chi connectivity index (χ1) is 10.5. The van der Waals surface area contributed by atoms with Gasteiger partial charge in [0.25, 0.3) is 6.43 Å². The van der Waals surface area contributed by atoms with E-state index >= 15 is 0 Å². The number of benzene rings is 1. The first-order valence-corrected chi connectivity index (χ1v) is 7.37. The summed E-state index contributed by atoms with van der Waals surface area (Å²) in [5.41, 5.74) is 1.99. The molecule has 0 aliphatic carbocycles. The van der Waals surface area contributed by atoms with Crippen LogP contribution < -0.4 is 4.74 Å². The van der Waals surface area contributed by atoms with E-state index in [-0.39, 0.29) is 6.79 Å². The van der Waals surface area contributed by atoms with Crippen LogP contribution in [0, 0.1) is 0 Å². The highest BCUT2D eigenvalue weighted by Crippen LogP contribution is 2.34. The SMILES string of the molecule is C=C1C(Br)=CC=C(c2ccc(OCOC)cc2)N1CC(F)F. The van der Waals surface area contributed by atoms with Crippen molar-refractivity contribution in [1.29, 1.82) is 0 Å². The van der Waals surface area contributed by atoms with Crippen LogP contribution in [-0.4, -0.2) is 31.8 Å².